The van der Waals surface area contributed by atoms with Crippen LogP contribution in [0.5, 0.6) is 0 Å². The van der Waals surface area contributed by atoms with Crippen LogP contribution >= 0.6 is 0 Å². The first kappa shape index (κ1) is 54.6. The Balaban J connectivity index is 0.000000189. The second-order valence-electron chi connectivity index (χ2n) is 15.9. The number of carbonyl (C=O) groups excluding carboxylic acids is 5. The van der Waals surface area contributed by atoms with Gasteiger partial charge < -0.3 is 48.5 Å². The van der Waals surface area contributed by atoms with E-state index < -0.39 is 35.8 Å². The van der Waals surface area contributed by atoms with Gasteiger partial charge in [-0.1, -0.05) is 109 Å². The summed E-state index contributed by atoms with van der Waals surface area (Å²) in [7, 11) is 4.57. The molecule has 8 aromatic rings. The first-order valence-electron chi connectivity index (χ1n) is 22.8. The summed E-state index contributed by atoms with van der Waals surface area (Å²) >= 11 is 0. The van der Waals surface area contributed by atoms with Crippen molar-refractivity contribution in [2.45, 2.75) is 51.7 Å². The van der Waals surface area contributed by atoms with E-state index in [-0.39, 0.29) is 71.6 Å². The molecule has 0 amide bonds. The monoisotopic (exact) mass is 974 g/mol. The highest BCUT2D eigenvalue weighted by Crippen LogP contribution is 2.37. The Morgan fingerprint density at radius 2 is 0.845 bits per heavy atom. The predicted octanol–water partition coefficient (Wildman–Crippen LogP) is 8.19. The summed E-state index contributed by atoms with van der Waals surface area (Å²) in [4.78, 5) is 64.3. The van der Waals surface area contributed by atoms with Gasteiger partial charge in [0.15, 0.2) is 0 Å². The molecule has 0 unspecified atom stereocenters. The maximum absolute atomic E-state index is 12.1. The van der Waals surface area contributed by atoms with Crippen LogP contribution in [0, 0.1) is 0 Å². The lowest BCUT2D eigenvalue weighted by Crippen LogP contribution is -2.12. The molecule has 71 heavy (non-hydrogen) atoms. The van der Waals surface area contributed by atoms with Gasteiger partial charge in [0.2, 0.25) is 0 Å². The summed E-state index contributed by atoms with van der Waals surface area (Å²) in [6, 6.07) is 37.9. The SMILES string of the molecule is COCCO.COCCOC(=O)CCC(=O)O.COCCOC(=O)CCC(=O)OCc1ccc2ccc3cccc4ccc1c2c34.O=C1CCC(=O)O1.OCc1ccc2ccc3cccc4ccc1c2c34. The van der Waals surface area contributed by atoms with Gasteiger partial charge in [-0.25, -0.2) is 0 Å². The number of esters is 5. The van der Waals surface area contributed by atoms with Crippen LogP contribution in [0.25, 0.3) is 64.6 Å². The van der Waals surface area contributed by atoms with Crippen molar-refractivity contribution in [1.29, 1.82) is 0 Å². The second-order valence-corrected chi connectivity index (χ2v) is 15.9. The molecule has 1 aliphatic heterocycles. The van der Waals surface area contributed by atoms with Crippen molar-refractivity contribution in [2.75, 3.05) is 61.0 Å². The van der Waals surface area contributed by atoms with Crippen LogP contribution in [0.2, 0.25) is 0 Å². The summed E-state index contributed by atoms with van der Waals surface area (Å²) in [6.45, 7) is 1.86. The molecule has 16 heteroatoms. The number of benzene rings is 8. The molecule has 374 valence electrons. The van der Waals surface area contributed by atoms with Crippen molar-refractivity contribution < 1.29 is 77.2 Å². The normalized spacial score (nSPS) is 11.8. The van der Waals surface area contributed by atoms with Crippen LogP contribution in [0.4, 0.5) is 0 Å². The number of carbonyl (C=O) groups is 6. The third kappa shape index (κ3) is 15.8. The molecule has 1 heterocycles. The van der Waals surface area contributed by atoms with Crippen molar-refractivity contribution in [3.63, 3.8) is 0 Å². The van der Waals surface area contributed by atoms with Crippen LogP contribution in [0.1, 0.15) is 49.7 Å². The van der Waals surface area contributed by atoms with Crippen LogP contribution in [-0.2, 0) is 75.1 Å². The Kier molecular flexibility index (Phi) is 21.8. The molecule has 1 aliphatic rings. The van der Waals surface area contributed by atoms with Crippen molar-refractivity contribution >= 4 is 100 Å². The number of hydrogen-bond acceptors (Lipinski definition) is 15. The Morgan fingerprint density at radius 3 is 1.23 bits per heavy atom. The van der Waals surface area contributed by atoms with E-state index in [0.29, 0.717) is 19.8 Å². The fourth-order valence-electron chi connectivity index (χ4n) is 7.65. The second kappa shape index (κ2) is 28.4. The summed E-state index contributed by atoms with van der Waals surface area (Å²) < 4.78 is 32.9. The van der Waals surface area contributed by atoms with E-state index in [1.807, 2.05) is 12.1 Å². The maximum Gasteiger partial charge on any atom is 0.314 e. The molecule has 0 aliphatic carbocycles. The summed E-state index contributed by atoms with van der Waals surface area (Å²) in [5, 5.41) is 40.2. The molecule has 0 saturated carbocycles. The molecular formula is C55H58O16. The van der Waals surface area contributed by atoms with E-state index >= 15 is 0 Å². The number of carboxylic acids is 1. The summed E-state index contributed by atoms with van der Waals surface area (Å²) in [5.41, 5.74) is 1.95. The van der Waals surface area contributed by atoms with Gasteiger partial charge in [0.05, 0.1) is 71.6 Å². The van der Waals surface area contributed by atoms with E-state index in [2.05, 4.69) is 116 Å². The van der Waals surface area contributed by atoms with Gasteiger partial charge in [-0.15, -0.1) is 0 Å². The zero-order chi connectivity index (χ0) is 51.1. The lowest BCUT2D eigenvalue weighted by Gasteiger charge is -2.14. The van der Waals surface area contributed by atoms with Crippen molar-refractivity contribution in [1.82, 2.24) is 0 Å². The molecule has 0 bridgehead atoms. The number of cyclic esters (lactones) is 2. The number of hydrogen-bond donors (Lipinski definition) is 3. The lowest BCUT2D eigenvalue weighted by atomic mass is 9.92. The molecule has 1 fully saturated rings. The third-order valence-corrected chi connectivity index (χ3v) is 11.0. The van der Waals surface area contributed by atoms with Gasteiger partial charge in [-0.3, -0.25) is 28.8 Å². The van der Waals surface area contributed by atoms with E-state index in [0.717, 1.165) is 21.9 Å². The standard InChI is InChI=1S/C24H22O5.C17H12O.C7H12O5.C4H4O3.C3H8O2/c1-27-13-14-28-21(25)11-12-22(26)29-15-19-8-7-18-6-5-16-3-2-4-17-9-10-20(19)24(18)23(16)17;18-10-14-7-6-13-5-4-11-2-1-3-12-8-9-15(14)17(13)16(11)12;1-11-4-5-12-7(10)3-2-6(8)9;5-3-1-2-4(6)7-3;1-5-3-2-4/h2-10H,11-15H2,1H3;1-9,18H,10H2;2-5H2,1H3,(H,8,9);1-2H2;4H,2-3H2,1H3. The van der Waals surface area contributed by atoms with Gasteiger partial charge in [0.1, 0.15) is 19.8 Å². The zero-order valence-corrected chi connectivity index (χ0v) is 39.9. The summed E-state index contributed by atoms with van der Waals surface area (Å²) in [6.07, 6.45) is 0.251. The quantitative estimate of drug-likeness (QED) is 0.0257. The minimum Gasteiger partial charge on any atom is -0.481 e. The number of aliphatic hydroxyl groups is 2. The maximum atomic E-state index is 12.1. The predicted molar refractivity (Wildman–Crippen MR) is 267 cm³/mol. The molecule has 0 spiro atoms. The average molecular weight is 975 g/mol. The van der Waals surface area contributed by atoms with Crippen molar-refractivity contribution in [3.05, 3.63) is 120 Å². The molecule has 9 rings (SSSR count). The fourth-order valence-corrected chi connectivity index (χ4v) is 7.65. The summed E-state index contributed by atoms with van der Waals surface area (Å²) in [5.74, 6) is -3.15. The van der Waals surface area contributed by atoms with Crippen molar-refractivity contribution in [3.8, 4) is 0 Å². The molecule has 0 atom stereocenters. The molecule has 1 saturated heterocycles. The van der Waals surface area contributed by atoms with Gasteiger partial charge in [0.25, 0.3) is 0 Å². The Hall–Kier alpha value is -7.34. The Labute approximate surface area is 409 Å². The number of carboxylic acid groups (broad SMARTS) is 1. The smallest absolute Gasteiger partial charge is 0.314 e. The number of rotatable bonds is 17. The number of ether oxygens (including phenoxy) is 7. The van der Waals surface area contributed by atoms with E-state index in [9.17, 15) is 33.9 Å². The first-order chi connectivity index (χ1) is 34.4. The molecule has 0 radical (unpaired) electrons. The van der Waals surface area contributed by atoms with Crippen LogP contribution in [-0.4, -0.2) is 112 Å². The van der Waals surface area contributed by atoms with Gasteiger partial charge >= 0.3 is 35.8 Å². The zero-order valence-electron chi connectivity index (χ0n) is 39.9. The van der Waals surface area contributed by atoms with Gasteiger partial charge in [-0.05, 0) is 75.8 Å². The van der Waals surface area contributed by atoms with E-state index in [4.69, 9.17) is 24.4 Å². The first-order valence-corrected chi connectivity index (χ1v) is 22.8. The highest BCUT2D eigenvalue weighted by atomic mass is 16.6. The minimum atomic E-state index is -1.00. The Bertz CT molecular complexity index is 2970. The topological polar surface area (TPSA) is 228 Å². The number of aliphatic hydroxyl groups excluding tert-OH is 2. The minimum absolute atomic E-state index is 0.00102. The number of methoxy groups -OCH3 is 3. The van der Waals surface area contributed by atoms with Gasteiger partial charge in [-0.2, -0.15) is 0 Å². The fraction of sp³-hybridized carbons (Fsp3) is 0.309. The van der Waals surface area contributed by atoms with Crippen LogP contribution < -0.4 is 0 Å². The number of aliphatic carboxylic acids is 1. The van der Waals surface area contributed by atoms with Crippen molar-refractivity contribution in [2.24, 2.45) is 0 Å². The largest absolute Gasteiger partial charge is 0.481 e. The van der Waals surface area contributed by atoms with E-state index in [1.54, 1.807) is 7.11 Å². The van der Waals surface area contributed by atoms with E-state index in [1.165, 1.54) is 68.1 Å². The molecule has 0 aromatic heterocycles. The Morgan fingerprint density at radius 1 is 0.465 bits per heavy atom. The molecular weight excluding hydrogens is 917 g/mol. The molecule has 8 aromatic carbocycles. The highest BCUT2D eigenvalue weighted by molar-refractivity contribution is 6.24. The van der Waals surface area contributed by atoms with Crippen LogP contribution in [0.15, 0.2) is 109 Å². The van der Waals surface area contributed by atoms with Crippen LogP contribution in [0.3, 0.4) is 0 Å². The highest BCUT2D eigenvalue weighted by Gasteiger charge is 2.19. The lowest BCUT2D eigenvalue weighted by molar-refractivity contribution is -0.152. The molecule has 3 N–H and O–H groups in total. The third-order valence-electron chi connectivity index (χ3n) is 11.0. The van der Waals surface area contributed by atoms with Gasteiger partial charge in [0, 0.05) is 21.3 Å². The average Bonchev–Trinajstić information content (AvgIpc) is 3.78. The molecule has 16 nitrogen and oxygen atoms in total.